The van der Waals surface area contributed by atoms with E-state index in [4.69, 9.17) is 4.74 Å². The Balaban J connectivity index is 1.87. The van der Waals surface area contributed by atoms with Crippen molar-refractivity contribution in [1.29, 1.82) is 0 Å². The highest BCUT2D eigenvalue weighted by molar-refractivity contribution is 6.07. The van der Waals surface area contributed by atoms with Crippen LogP contribution in [0.25, 0.3) is 0 Å². The lowest BCUT2D eigenvalue weighted by Crippen LogP contribution is -2.42. The summed E-state index contributed by atoms with van der Waals surface area (Å²) in [4.78, 5) is 25.8. The molecule has 0 saturated carbocycles. The Hall–Kier alpha value is -2.69. The summed E-state index contributed by atoms with van der Waals surface area (Å²) in [6.07, 6.45) is 0. The number of rotatable bonds is 3. The number of carbonyl (C=O) groups excluding carboxylic acids is 2. The third-order valence-electron chi connectivity index (χ3n) is 3.59. The van der Waals surface area contributed by atoms with Crippen LogP contribution < -0.4 is 9.64 Å². The maximum absolute atomic E-state index is 13.3. The van der Waals surface area contributed by atoms with Gasteiger partial charge < -0.3 is 4.74 Å². The maximum atomic E-state index is 13.3. The Morgan fingerprint density at radius 2 is 2.05 bits per heavy atom. The Kier molecular flexibility index (Phi) is 3.63. The van der Waals surface area contributed by atoms with Crippen molar-refractivity contribution in [3.63, 3.8) is 0 Å². The highest BCUT2D eigenvalue weighted by atomic mass is 19.1. The van der Waals surface area contributed by atoms with E-state index in [0.29, 0.717) is 22.6 Å². The van der Waals surface area contributed by atoms with Crippen molar-refractivity contribution < 1.29 is 18.7 Å². The molecule has 2 aromatic carbocycles. The van der Waals surface area contributed by atoms with Crippen molar-refractivity contribution >= 4 is 17.4 Å². The SMILES string of the molecule is Cc1cc(C(=O)CN2C(=O)COc3ccccc32)ccc1F. The Bertz CT molecular complexity index is 757. The number of hydrogen-bond donors (Lipinski definition) is 0. The molecule has 0 radical (unpaired) electrons. The molecule has 0 N–H and O–H groups in total. The lowest BCUT2D eigenvalue weighted by atomic mass is 10.1. The summed E-state index contributed by atoms with van der Waals surface area (Å²) in [5.41, 5.74) is 1.36. The van der Waals surface area contributed by atoms with Crippen molar-refractivity contribution in [3.05, 3.63) is 59.4 Å². The number of benzene rings is 2. The van der Waals surface area contributed by atoms with Gasteiger partial charge in [0.15, 0.2) is 12.4 Å². The molecule has 3 rings (SSSR count). The lowest BCUT2D eigenvalue weighted by molar-refractivity contribution is -0.121. The number of fused-ring (bicyclic) bond motifs is 1. The van der Waals surface area contributed by atoms with Crippen LogP contribution in [0.3, 0.4) is 0 Å². The van der Waals surface area contributed by atoms with E-state index >= 15 is 0 Å². The molecule has 4 nitrogen and oxygen atoms in total. The first-order chi connectivity index (χ1) is 10.6. The molecule has 0 aliphatic carbocycles. The first kappa shape index (κ1) is 14.3. The van der Waals surface area contributed by atoms with E-state index in [1.807, 2.05) is 0 Å². The molecule has 0 saturated heterocycles. The number of anilines is 1. The van der Waals surface area contributed by atoms with Gasteiger partial charge in [0, 0.05) is 5.56 Å². The Labute approximate surface area is 127 Å². The van der Waals surface area contributed by atoms with Crippen LogP contribution in [-0.4, -0.2) is 24.8 Å². The highest BCUT2D eigenvalue weighted by Gasteiger charge is 2.27. The average molecular weight is 299 g/mol. The van der Waals surface area contributed by atoms with Crippen molar-refractivity contribution in [1.82, 2.24) is 0 Å². The van der Waals surface area contributed by atoms with E-state index in [-0.39, 0.29) is 30.7 Å². The number of nitrogens with zero attached hydrogens (tertiary/aromatic N) is 1. The van der Waals surface area contributed by atoms with E-state index in [9.17, 15) is 14.0 Å². The fourth-order valence-electron chi connectivity index (χ4n) is 2.38. The number of ether oxygens (including phenoxy) is 1. The van der Waals surface area contributed by atoms with Gasteiger partial charge in [-0.25, -0.2) is 4.39 Å². The highest BCUT2D eigenvalue weighted by Crippen LogP contribution is 2.31. The minimum atomic E-state index is -0.357. The molecule has 5 heteroatoms. The fraction of sp³-hybridized carbons (Fsp3) is 0.176. The topological polar surface area (TPSA) is 46.6 Å². The van der Waals surface area contributed by atoms with Gasteiger partial charge in [-0.3, -0.25) is 14.5 Å². The summed E-state index contributed by atoms with van der Waals surface area (Å²) in [7, 11) is 0. The molecule has 112 valence electrons. The second kappa shape index (κ2) is 5.60. The van der Waals surface area contributed by atoms with E-state index in [1.165, 1.54) is 23.1 Å². The average Bonchev–Trinajstić information content (AvgIpc) is 2.52. The van der Waals surface area contributed by atoms with E-state index in [1.54, 1.807) is 31.2 Å². The second-order valence-corrected chi connectivity index (χ2v) is 5.12. The summed E-state index contributed by atoms with van der Waals surface area (Å²) in [5, 5.41) is 0. The molecule has 0 aromatic heterocycles. The molecule has 2 aromatic rings. The number of ketones is 1. The third-order valence-corrected chi connectivity index (χ3v) is 3.59. The number of carbonyl (C=O) groups is 2. The van der Waals surface area contributed by atoms with E-state index in [0.717, 1.165) is 0 Å². The number of halogens is 1. The van der Waals surface area contributed by atoms with Gasteiger partial charge in [-0.15, -0.1) is 0 Å². The number of aryl methyl sites for hydroxylation is 1. The number of hydrogen-bond acceptors (Lipinski definition) is 3. The van der Waals surface area contributed by atoms with Crippen LogP contribution in [0.4, 0.5) is 10.1 Å². The standard InChI is InChI=1S/C17H14FNO3/c1-11-8-12(6-7-13(11)18)15(20)9-19-14-4-2-3-5-16(14)22-10-17(19)21/h2-8H,9-10H2,1H3. The van der Waals surface area contributed by atoms with Gasteiger partial charge in [0.1, 0.15) is 11.6 Å². The largest absolute Gasteiger partial charge is 0.482 e. The molecule has 1 amide bonds. The van der Waals surface area contributed by atoms with E-state index < -0.39 is 0 Å². The first-order valence-corrected chi connectivity index (χ1v) is 6.88. The van der Waals surface area contributed by atoms with Crippen LogP contribution in [0.15, 0.2) is 42.5 Å². The minimum absolute atomic E-state index is 0.0905. The molecule has 0 bridgehead atoms. The van der Waals surface area contributed by atoms with Crippen molar-refractivity contribution in [2.24, 2.45) is 0 Å². The van der Waals surface area contributed by atoms with Crippen LogP contribution >= 0.6 is 0 Å². The second-order valence-electron chi connectivity index (χ2n) is 5.12. The van der Waals surface area contributed by atoms with Gasteiger partial charge in [0.05, 0.1) is 12.2 Å². The van der Waals surface area contributed by atoms with Gasteiger partial charge >= 0.3 is 0 Å². The molecule has 1 aliphatic heterocycles. The van der Waals surface area contributed by atoms with Gasteiger partial charge in [-0.2, -0.15) is 0 Å². The van der Waals surface area contributed by atoms with E-state index in [2.05, 4.69) is 0 Å². The summed E-state index contributed by atoms with van der Waals surface area (Å²) < 4.78 is 18.6. The third kappa shape index (κ3) is 2.57. The van der Waals surface area contributed by atoms with Crippen molar-refractivity contribution in [2.75, 3.05) is 18.1 Å². The predicted octanol–water partition coefficient (Wildman–Crippen LogP) is 2.74. The maximum Gasteiger partial charge on any atom is 0.265 e. The molecule has 0 fully saturated rings. The normalized spacial score (nSPS) is 13.5. The van der Waals surface area contributed by atoms with Crippen molar-refractivity contribution in [3.8, 4) is 5.75 Å². The molecule has 22 heavy (non-hydrogen) atoms. The molecular formula is C17H14FNO3. The van der Waals surface area contributed by atoms with Gasteiger partial charge in [0.2, 0.25) is 0 Å². The summed E-state index contributed by atoms with van der Waals surface area (Å²) in [5.74, 6) is -0.298. The lowest BCUT2D eigenvalue weighted by Gasteiger charge is -2.28. The van der Waals surface area contributed by atoms with Crippen LogP contribution in [0.2, 0.25) is 0 Å². The summed E-state index contributed by atoms with van der Waals surface area (Å²) in [6, 6.07) is 11.3. The van der Waals surface area contributed by atoms with Crippen LogP contribution in [-0.2, 0) is 4.79 Å². The molecular weight excluding hydrogens is 285 g/mol. The van der Waals surface area contributed by atoms with Gasteiger partial charge in [0.25, 0.3) is 5.91 Å². The van der Waals surface area contributed by atoms with Gasteiger partial charge in [-0.05, 0) is 42.8 Å². The van der Waals surface area contributed by atoms with Gasteiger partial charge in [-0.1, -0.05) is 12.1 Å². The zero-order chi connectivity index (χ0) is 15.7. The fourth-order valence-corrected chi connectivity index (χ4v) is 2.38. The van der Waals surface area contributed by atoms with Crippen LogP contribution in [0.5, 0.6) is 5.75 Å². The Morgan fingerprint density at radius 3 is 2.82 bits per heavy atom. The molecule has 1 heterocycles. The number of para-hydroxylation sites is 2. The Morgan fingerprint density at radius 1 is 1.27 bits per heavy atom. The number of amides is 1. The zero-order valence-corrected chi connectivity index (χ0v) is 12.0. The minimum Gasteiger partial charge on any atom is -0.482 e. The molecule has 0 unspecified atom stereocenters. The monoisotopic (exact) mass is 299 g/mol. The molecule has 1 aliphatic rings. The predicted molar refractivity (Wildman–Crippen MR) is 79.8 cm³/mol. The number of Topliss-reactive ketones (excluding diaryl/α,β-unsaturated/α-hetero) is 1. The smallest absolute Gasteiger partial charge is 0.265 e. The van der Waals surface area contributed by atoms with Crippen LogP contribution in [0.1, 0.15) is 15.9 Å². The quantitative estimate of drug-likeness (QED) is 0.819. The van der Waals surface area contributed by atoms with Crippen LogP contribution in [0, 0.1) is 12.7 Å². The zero-order valence-electron chi connectivity index (χ0n) is 12.0. The molecule has 0 spiro atoms. The molecule has 0 atom stereocenters. The van der Waals surface area contributed by atoms with Crippen molar-refractivity contribution in [2.45, 2.75) is 6.92 Å². The summed E-state index contributed by atoms with van der Waals surface area (Å²) in [6.45, 7) is 1.41. The first-order valence-electron chi connectivity index (χ1n) is 6.88. The summed E-state index contributed by atoms with van der Waals surface area (Å²) >= 11 is 0.